The second-order valence-electron chi connectivity index (χ2n) is 3.13. The molecule has 0 unspecified atom stereocenters. The molecule has 17 heavy (non-hydrogen) atoms. The van der Waals surface area contributed by atoms with Crippen molar-refractivity contribution in [3.05, 3.63) is 29.8 Å². The number of benzene rings is 1. The van der Waals surface area contributed by atoms with E-state index in [0.29, 0.717) is 17.4 Å². The van der Waals surface area contributed by atoms with Crippen molar-refractivity contribution in [2.75, 3.05) is 19.3 Å². The van der Waals surface area contributed by atoms with Crippen molar-refractivity contribution in [1.82, 2.24) is 0 Å². The summed E-state index contributed by atoms with van der Waals surface area (Å²) in [6.45, 7) is 0. The lowest BCUT2D eigenvalue weighted by Crippen LogP contribution is -1.95. The van der Waals surface area contributed by atoms with E-state index in [-0.39, 0.29) is 0 Å². The van der Waals surface area contributed by atoms with E-state index in [1.165, 1.54) is 6.08 Å². The van der Waals surface area contributed by atoms with Gasteiger partial charge in [-0.05, 0) is 30.0 Å². The zero-order valence-corrected chi connectivity index (χ0v) is 10.5. The largest absolute Gasteiger partial charge is 0.493 e. The number of carboxylic acid groups (broad SMARTS) is 1. The molecule has 1 aromatic rings. The Kier molecular flexibility index (Phi) is 5.42. The van der Waals surface area contributed by atoms with Crippen LogP contribution in [0.4, 0.5) is 0 Å². The highest BCUT2D eigenvalue weighted by Gasteiger charge is 2.04. The number of aliphatic carboxylic acids is 1. The van der Waals surface area contributed by atoms with Gasteiger partial charge in [-0.3, -0.25) is 0 Å². The van der Waals surface area contributed by atoms with Crippen molar-refractivity contribution in [3.8, 4) is 11.5 Å². The van der Waals surface area contributed by atoms with E-state index in [9.17, 15) is 4.79 Å². The predicted molar refractivity (Wildman–Crippen MR) is 68.7 cm³/mol. The van der Waals surface area contributed by atoms with Gasteiger partial charge in [0.05, 0.1) is 7.11 Å². The van der Waals surface area contributed by atoms with Gasteiger partial charge in [-0.15, -0.1) is 11.8 Å². The molecule has 0 aliphatic carbocycles. The summed E-state index contributed by atoms with van der Waals surface area (Å²) in [5.74, 6) is 0.799. The summed E-state index contributed by atoms with van der Waals surface area (Å²) in [5, 5.41) is 8.53. The zero-order valence-electron chi connectivity index (χ0n) is 9.67. The standard InChI is InChI=1S/C12H14O4S/c1-15-11-7-9(4-6-12(13)14)3-5-10(11)16-8-17-2/h3-7H,8H2,1-2H3,(H,13,14)/b6-4+. The van der Waals surface area contributed by atoms with Gasteiger partial charge < -0.3 is 14.6 Å². The minimum atomic E-state index is -0.980. The van der Waals surface area contributed by atoms with Crippen LogP contribution in [0.25, 0.3) is 6.08 Å². The molecular weight excluding hydrogens is 240 g/mol. The third-order valence-corrected chi connectivity index (χ3v) is 2.29. The van der Waals surface area contributed by atoms with Crippen LogP contribution < -0.4 is 9.47 Å². The first-order valence-electron chi connectivity index (χ1n) is 4.88. The van der Waals surface area contributed by atoms with Gasteiger partial charge in [0.25, 0.3) is 0 Å². The van der Waals surface area contributed by atoms with Gasteiger partial charge in [-0.2, -0.15) is 0 Å². The summed E-state index contributed by atoms with van der Waals surface area (Å²) in [5.41, 5.74) is 0.751. The Morgan fingerprint density at radius 3 is 2.82 bits per heavy atom. The number of carboxylic acids is 1. The average molecular weight is 254 g/mol. The Hall–Kier alpha value is -1.62. The summed E-state index contributed by atoms with van der Waals surface area (Å²) in [7, 11) is 1.55. The smallest absolute Gasteiger partial charge is 0.328 e. The summed E-state index contributed by atoms with van der Waals surface area (Å²) in [6, 6.07) is 5.27. The van der Waals surface area contributed by atoms with Gasteiger partial charge in [0.15, 0.2) is 11.5 Å². The van der Waals surface area contributed by atoms with Crippen LogP contribution in [0.15, 0.2) is 24.3 Å². The van der Waals surface area contributed by atoms with Crippen molar-refractivity contribution < 1.29 is 19.4 Å². The van der Waals surface area contributed by atoms with E-state index >= 15 is 0 Å². The van der Waals surface area contributed by atoms with Crippen LogP contribution in [-0.2, 0) is 4.79 Å². The lowest BCUT2D eigenvalue weighted by atomic mass is 10.2. The van der Waals surface area contributed by atoms with Crippen LogP contribution in [0.3, 0.4) is 0 Å². The van der Waals surface area contributed by atoms with Gasteiger partial charge >= 0.3 is 5.97 Å². The zero-order chi connectivity index (χ0) is 12.7. The van der Waals surface area contributed by atoms with E-state index in [0.717, 1.165) is 11.6 Å². The maximum absolute atomic E-state index is 10.4. The normalized spacial score (nSPS) is 10.5. The number of rotatable bonds is 6. The topological polar surface area (TPSA) is 55.8 Å². The van der Waals surface area contributed by atoms with E-state index < -0.39 is 5.97 Å². The van der Waals surface area contributed by atoms with Crippen molar-refractivity contribution in [2.45, 2.75) is 0 Å². The molecule has 0 atom stereocenters. The fraction of sp³-hybridized carbons (Fsp3) is 0.250. The fourth-order valence-corrected chi connectivity index (χ4v) is 1.44. The first-order chi connectivity index (χ1) is 8.17. The van der Waals surface area contributed by atoms with Crippen LogP contribution >= 0.6 is 11.8 Å². The number of thioether (sulfide) groups is 1. The maximum Gasteiger partial charge on any atom is 0.328 e. The highest BCUT2D eigenvalue weighted by molar-refractivity contribution is 7.98. The maximum atomic E-state index is 10.4. The molecule has 0 fully saturated rings. The molecular formula is C12H14O4S. The van der Waals surface area contributed by atoms with Crippen molar-refractivity contribution in [3.63, 3.8) is 0 Å². The lowest BCUT2D eigenvalue weighted by molar-refractivity contribution is -0.131. The molecule has 0 aliphatic heterocycles. The molecule has 0 radical (unpaired) electrons. The van der Waals surface area contributed by atoms with Crippen LogP contribution in [0.1, 0.15) is 5.56 Å². The monoisotopic (exact) mass is 254 g/mol. The average Bonchev–Trinajstić information content (AvgIpc) is 2.34. The highest BCUT2D eigenvalue weighted by Crippen LogP contribution is 2.29. The minimum absolute atomic E-state index is 0.542. The minimum Gasteiger partial charge on any atom is -0.493 e. The van der Waals surface area contributed by atoms with E-state index in [1.807, 2.05) is 6.26 Å². The Labute approximate surface area is 104 Å². The van der Waals surface area contributed by atoms with Crippen LogP contribution in [-0.4, -0.2) is 30.4 Å². The molecule has 0 saturated carbocycles. The van der Waals surface area contributed by atoms with Gasteiger partial charge in [0.1, 0.15) is 5.94 Å². The number of hydrogen-bond donors (Lipinski definition) is 1. The molecule has 0 spiro atoms. The summed E-state index contributed by atoms with van der Waals surface area (Å²) in [6.07, 6.45) is 4.52. The predicted octanol–water partition coefficient (Wildman–Crippen LogP) is 2.49. The van der Waals surface area contributed by atoms with Crippen molar-refractivity contribution >= 4 is 23.8 Å². The summed E-state index contributed by atoms with van der Waals surface area (Å²) in [4.78, 5) is 10.4. The van der Waals surface area contributed by atoms with Crippen LogP contribution in [0.2, 0.25) is 0 Å². The third kappa shape index (κ3) is 4.40. The molecule has 0 saturated heterocycles. The fourth-order valence-electron chi connectivity index (χ4n) is 1.20. The Bertz CT molecular complexity index is 415. The number of hydrogen-bond acceptors (Lipinski definition) is 4. The molecule has 5 heteroatoms. The molecule has 0 heterocycles. The second kappa shape index (κ2) is 6.85. The third-order valence-electron chi connectivity index (χ3n) is 1.94. The quantitative estimate of drug-likeness (QED) is 0.624. The SMILES string of the molecule is COc1cc(/C=C/C(=O)O)ccc1OCSC. The molecule has 0 bridgehead atoms. The van der Waals surface area contributed by atoms with Gasteiger partial charge in [0.2, 0.25) is 0 Å². The number of methoxy groups -OCH3 is 1. The van der Waals surface area contributed by atoms with E-state index in [1.54, 1.807) is 37.1 Å². The molecule has 1 N–H and O–H groups in total. The Morgan fingerprint density at radius 2 is 2.24 bits per heavy atom. The van der Waals surface area contributed by atoms with Gasteiger partial charge in [-0.1, -0.05) is 6.07 Å². The first-order valence-corrected chi connectivity index (χ1v) is 6.27. The molecule has 0 aromatic heterocycles. The Morgan fingerprint density at radius 1 is 1.47 bits per heavy atom. The summed E-state index contributed by atoms with van der Waals surface area (Å²) < 4.78 is 10.6. The second-order valence-corrected chi connectivity index (χ2v) is 3.95. The van der Waals surface area contributed by atoms with Crippen molar-refractivity contribution in [1.29, 1.82) is 0 Å². The van der Waals surface area contributed by atoms with Gasteiger partial charge in [0, 0.05) is 6.08 Å². The molecule has 4 nitrogen and oxygen atoms in total. The first kappa shape index (κ1) is 13.4. The molecule has 0 aliphatic rings. The molecule has 1 aromatic carbocycles. The molecule has 1 rings (SSSR count). The summed E-state index contributed by atoms with van der Waals surface area (Å²) >= 11 is 1.56. The van der Waals surface area contributed by atoms with Gasteiger partial charge in [-0.25, -0.2) is 4.79 Å². The van der Waals surface area contributed by atoms with E-state index in [4.69, 9.17) is 14.6 Å². The number of carbonyl (C=O) groups is 1. The van der Waals surface area contributed by atoms with Crippen LogP contribution in [0, 0.1) is 0 Å². The Balaban J connectivity index is 2.87. The highest BCUT2D eigenvalue weighted by atomic mass is 32.2. The lowest BCUT2D eigenvalue weighted by Gasteiger charge is -2.10. The number of ether oxygens (including phenoxy) is 2. The van der Waals surface area contributed by atoms with Crippen LogP contribution in [0.5, 0.6) is 11.5 Å². The molecule has 0 amide bonds. The molecule has 92 valence electrons. The van der Waals surface area contributed by atoms with E-state index in [2.05, 4.69) is 0 Å². The van der Waals surface area contributed by atoms with Crippen molar-refractivity contribution in [2.24, 2.45) is 0 Å².